The highest BCUT2D eigenvalue weighted by atomic mass is 79.9. The second-order valence-electron chi connectivity index (χ2n) is 3.17. The molecule has 0 atom stereocenters. The Hall–Kier alpha value is -1.40. The Labute approximate surface area is 110 Å². The SMILES string of the molecule is Nc1ncc(F)c(Nc2cc(Br)ccc2Cl)n1. The van der Waals surface area contributed by atoms with Crippen LogP contribution in [0.5, 0.6) is 0 Å². The summed E-state index contributed by atoms with van der Waals surface area (Å²) in [5.41, 5.74) is 5.90. The number of nitrogens with two attached hydrogens (primary N) is 1. The van der Waals surface area contributed by atoms with Gasteiger partial charge in [0.25, 0.3) is 0 Å². The van der Waals surface area contributed by atoms with Crippen molar-refractivity contribution in [3.8, 4) is 0 Å². The highest BCUT2D eigenvalue weighted by Gasteiger charge is 2.08. The molecule has 17 heavy (non-hydrogen) atoms. The second kappa shape index (κ2) is 4.85. The molecule has 1 heterocycles. The highest BCUT2D eigenvalue weighted by molar-refractivity contribution is 9.10. The average molecular weight is 318 g/mol. The van der Waals surface area contributed by atoms with Gasteiger partial charge in [0.05, 0.1) is 16.9 Å². The fourth-order valence-electron chi connectivity index (χ4n) is 1.19. The van der Waals surface area contributed by atoms with Crippen molar-refractivity contribution in [1.82, 2.24) is 9.97 Å². The molecule has 1 aromatic heterocycles. The largest absolute Gasteiger partial charge is 0.368 e. The minimum absolute atomic E-state index is 0.0139. The van der Waals surface area contributed by atoms with Gasteiger partial charge in [-0.25, -0.2) is 9.37 Å². The van der Waals surface area contributed by atoms with E-state index in [1.54, 1.807) is 18.2 Å². The molecule has 0 aliphatic heterocycles. The number of benzene rings is 1. The van der Waals surface area contributed by atoms with Crippen LogP contribution in [0.3, 0.4) is 0 Å². The summed E-state index contributed by atoms with van der Waals surface area (Å²) in [6.07, 6.45) is 0.997. The topological polar surface area (TPSA) is 63.8 Å². The van der Waals surface area contributed by atoms with Gasteiger partial charge in [-0.2, -0.15) is 4.98 Å². The fourth-order valence-corrected chi connectivity index (χ4v) is 1.72. The first-order valence-electron chi connectivity index (χ1n) is 4.56. The monoisotopic (exact) mass is 316 g/mol. The lowest BCUT2D eigenvalue weighted by molar-refractivity contribution is 0.620. The number of anilines is 3. The Morgan fingerprint density at radius 2 is 2.18 bits per heavy atom. The van der Waals surface area contributed by atoms with E-state index in [1.807, 2.05) is 0 Å². The molecule has 0 spiro atoms. The van der Waals surface area contributed by atoms with Crippen molar-refractivity contribution >= 4 is 45.0 Å². The van der Waals surface area contributed by atoms with Crippen molar-refractivity contribution in [2.45, 2.75) is 0 Å². The van der Waals surface area contributed by atoms with Crippen LogP contribution in [0.4, 0.5) is 21.8 Å². The third kappa shape index (κ3) is 2.83. The van der Waals surface area contributed by atoms with Crippen LogP contribution in [0.25, 0.3) is 0 Å². The predicted molar refractivity (Wildman–Crippen MR) is 68.8 cm³/mol. The summed E-state index contributed by atoms with van der Waals surface area (Å²) < 4.78 is 14.2. The fraction of sp³-hybridized carbons (Fsp3) is 0. The minimum atomic E-state index is -0.602. The molecule has 2 aromatic rings. The van der Waals surface area contributed by atoms with Crippen LogP contribution in [-0.2, 0) is 0 Å². The van der Waals surface area contributed by atoms with E-state index in [2.05, 4.69) is 31.2 Å². The van der Waals surface area contributed by atoms with Crippen molar-refractivity contribution in [3.05, 3.63) is 39.7 Å². The second-order valence-corrected chi connectivity index (χ2v) is 4.50. The molecule has 3 N–H and O–H groups in total. The molecule has 0 saturated heterocycles. The van der Waals surface area contributed by atoms with Crippen LogP contribution in [0.15, 0.2) is 28.9 Å². The summed E-state index contributed by atoms with van der Waals surface area (Å²) >= 11 is 9.25. The molecule has 0 unspecified atom stereocenters. The Bertz CT molecular complexity index is 514. The lowest BCUT2D eigenvalue weighted by Crippen LogP contribution is -2.02. The summed E-state index contributed by atoms with van der Waals surface area (Å²) in [4.78, 5) is 7.28. The van der Waals surface area contributed by atoms with Crippen LogP contribution < -0.4 is 11.1 Å². The molecule has 4 nitrogen and oxygen atoms in total. The van der Waals surface area contributed by atoms with Crippen molar-refractivity contribution in [2.24, 2.45) is 0 Å². The van der Waals surface area contributed by atoms with Gasteiger partial charge in [0.15, 0.2) is 11.6 Å². The minimum Gasteiger partial charge on any atom is -0.368 e. The maximum atomic E-state index is 13.4. The number of nitrogens with zero attached hydrogens (tertiary/aromatic N) is 2. The number of hydrogen-bond donors (Lipinski definition) is 2. The van der Waals surface area contributed by atoms with Gasteiger partial charge in [-0.05, 0) is 18.2 Å². The standard InChI is InChI=1S/C10H7BrClFN4/c11-5-1-2-6(12)8(3-5)16-9-7(13)4-15-10(14)17-9/h1-4H,(H3,14,15,16,17). The molecule has 0 aliphatic carbocycles. The van der Waals surface area contributed by atoms with E-state index in [0.29, 0.717) is 10.7 Å². The molecule has 0 amide bonds. The van der Waals surface area contributed by atoms with Crippen LogP contribution in [0.2, 0.25) is 5.02 Å². The zero-order valence-electron chi connectivity index (χ0n) is 8.42. The van der Waals surface area contributed by atoms with Crippen LogP contribution in [0.1, 0.15) is 0 Å². The van der Waals surface area contributed by atoms with Crippen LogP contribution in [-0.4, -0.2) is 9.97 Å². The van der Waals surface area contributed by atoms with Gasteiger partial charge in [0, 0.05) is 4.47 Å². The van der Waals surface area contributed by atoms with E-state index in [0.717, 1.165) is 10.7 Å². The Morgan fingerprint density at radius 1 is 1.41 bits per heavy atom. The summed E-state index contributed by atoms with van der Waals surface area (Å²) in [6.45, 7) is 0. The zero-order chi connectivity index (χ0) is 12.4. The number of nitrogen functional groups attached to an aromatic ring is 1. The number of hydrogen-bond acceptors (Lipinski definition) is 4. The molecular formula is C10H7BrClFN4. The van der Waals surface area contributed by atoms with Crippen LogP contribution >= 0.6 is 27.5 Å². The van der Waals surface area contributed by atoms with Crippen molar-refractivity contribution in [1.29, 1.82) is 0 Å². The van der Waals surface area contributed by atoms with E-state index in [9.17, 15) is 4.39 Å². The van der Waals surface area contributed by atoms with Gasteiger partial charge in [0.2, 0.25) is 5.95 Å². The highest BCUT2D eigenvalue weighted by Crippen LogP contribution is 2.28. The first-order valence-corrected chi connectivity index (χ1v) is 5.73. The van der Waals surface area contributed by atoms with E-state index in [-0.39, 0.29) is 11.8 Å². The van der Waals surface area contributed by atoms with Gasteiger partial charge >= 0.3 is 0 Å². The smallest absolute Gasteiger partial charge is 0.222 e. The molecule has 0 aliphatic rings. The average Bonchev–Trinajstić information content (AvgIpc) is 2.28. The number of halogens is 3. The maximum absolute atomic E-state index is 13.4. The van der Waals surface area contributed by atoms with Gasteiger partial charge in [-0.1, -0.05) is 27.5 Å². The molecule has 0 saturated carbocycles. The molecule has 7 heteroatoms. The lowest BCUT2D eigenvalue weighted by Gasteiger charge is -2.08. The molecule has 0 radical (unpaired) electrons. The first kappa shape index (κ1) is 12.1. The molecule has 1 aromatic carbocycles. The Balaban J connectivity index is 2.37. The van der Waals surface area contributed by atoms with E-state index in [4.69, 9.17) is 17.3 Å². The zero-order valence-corrected chi connectivity index (χ0v) is 10.8. The van der Waals surface area contributed by atoms with Crippen LogP contribution in [0, 0.1) is 5.82 Å². The normalized spacial score (nSPS) is 10.3. The molecule has 0 fully saturated rings. The van der Waals surface area contributed by atoms with E-state index >= 15 is 0 Å². The summed E-state index contributed by atoms with van der Waals surface area (Å²) in [5, 5.41) is 3.20. The Morgan fingerprint density at radius 3 is 2.94 bits per heavy atom. The summed E-state index contributed by atoms with van der Waals surface area (Å²) in [6, 6.07) is 5.16. The molecule has 0 bridgehead atoms. The van der Waals surface area contributed by atoms with E-state index in [1.165, 1.54) is 0 Å². The van der Waals surface area contributed by atoms with Crippen molar-refractivity contribution in [2.75, 3.05) is 11.1 Å². The molecular weight excluding hydrogens is 310 g/mol. The lowest BCUT2D eigenvalue weighted by atomic mass is 10.3. The predicted octanol–water partition coefficient (Wildman–Crippen LogP) is 3.36. The van der Waals surface area contributed by atoms with Gasteiger partial charge in [-0.15, -0.1) is 0 Å². The molecule has 88 valence electrons. The third-order valence-corrected chi connectivity index (χ3v) is 2.77. The maximum Gasteiger partial charge on any atom is 0.222 e. The van der Waals surface area contributed by atoms with Gasteiger partial charge in [-0.3, -0.25) is 0 Å². The van der Waals surface area contributed by atoms with E-state index < -0.39 is 5.82 Å². The van der Waals surface area contributed by atoms with Gasteiger partial charge in [0.1, 0.15) is 0 Å². The quantitative estimate of drug-likeness (QED) is 0.891. The number of nitrogens with one attached hydrogen (secondary N) is 1. The molecule has 2 rings (SSSR count). The van der Waals surface area contributed by atoms with Crippen molar-refractivity contribution < 1.29 is 4.39 Å². The van der Waals surface area contributed by atoms with Crippen molar-refractivity contribution in [3.63, 3.8) is 0 Å². The van der Waals surface area contributed by atoms with Gasteiger partial charge < -0.3 is 11.1 Å². The first-order chi connectivity index (χ1) is 8.06. The number of aromatic nitrogens is 2. The Kier molecular flexibility index (Phi) is 3.44. The number of rotatable bonds is 2. The summed E-state index contributed by atoms with van der Waals surface area (Å²) in [5.74, 6) is -0.632. The third-order valence-electron chi connectivity index (χ3n) is 1.94. The summed E-state index contributed by atoms with van der Waals surface area (Å²) in [7, 11) is 0.